The Morgan fingerprint density at radius 3 is 2.75 bits per heavy atom. The number of carbonyl (C=O) groups excluding carboxylic acids is 1. The first-order valence-electron chi connectivity index (χ1n) is 4.10. The first kappa shape index (κ1) is 9.48. The van der Waals surface area contributed by atoms with Gasteiger partial charge in [-0.3, -0.25) is 9.63 Å². The summed E-state index contributed by atoms with van der Waals surface area (Å²) in [6.07, 6.45) is 0.642. The Morgan fingerprint density at radius 2 is 2.33 bits per heavy atom. The first-order chi connectivity index (χ1) is 5.66. The van der Waals surface area contributed by atoms with Crippen LogP contribution in [0.4, 0.5) is 0 Å². The Morgan fingerprint density at radius 1 is 1.67 bits per heavy atom. The molecular weight excluding hydrogens is 158 g/mol. The topological polar surface area (TPSA) is 38.8 Å². The first-order valence-corrected chi connectivity index (χ1v) is 4.10. The molecule has 2 unspecified atom stereocenters. The Labute approximate surface area is 72.4 Å². The minimum absolute atomic E-state index is 0.0949. The molecule has 0 N–H and O–H groups in total. The van der Waals surface area contributed by atoms with Crippen LogP contribution in [0.5, 0.6) is 0 Å². The molecule has 70 valence electrons. The maximum Gasteiger partial charge on any atom is 0.275 e. The van der Waals surface area contributed by atoms with Crippen LogP contribution in [0.15, 0.2) is 0 Å². The number of carbonyl (C=O) groups is 1. The van der Waals surface area contributed by atoms with Crippen molar-refractivity contribution in [1.29, 1.82) is 0 Å². The molecule has 1 aliphatic heterocycles. The van der Waals surface area contributed by atoms with Crippen LogP contribution in [0.2, 0.25) is 0 Å². The number of likely N-dealkylation sites (N-methyl/N-ethyl adjacent to an activating group) is 1. The maximum atomic E-state index is 11.5. The van der Waals surface area contributed by atoms with Gasteiger partial charge in [0.25, 0.3) is 5.91 Å². The summed E-state index contributed by atoms with van der Waals surface area (Å²) in [5.41, 5.74) is 0. The van der Waals surface area contributed by atoms with Gasteiger partial charge in [-0.05, 0) is 12.3 Å². The van der Waals surface area contributed by atoms with E-state index in [1.807, 2.05) is 6.92 Å². The van der Waals surface area contributed by atoms with Crippen LogP contribution in [0.25, 0.3) is 0 Å². The largest absolute Gasteiger partial charge is 0.368 e. The second-order valence-corrected chi connectivity index (χ2v) is 3.08. The van der Waals surface area contributed by atoms with Crippen molar-refractivity contribution in [3.63, 3.8) is 0 Å². The summed E-state index contributed by atoms with van der Waals surface area (Å²) >= 11 is 0. The van der Waals surface area contributed by atoms with Gasteiger partial charge in [-0.2, -0.15) is 0 Å². The van der Waals surface area contributed by atoms with Crippen LogP contribution < -0.4 is 0 Å². The van der Waals surface area contributed by atoms with Gasteiger partial charge in [-0.15, -0.1) is 0 Å². The number of hydrogen-bond acceptors (Lipinski definition) is 3. The van der Waals surface area contributed by atoms with Crippen molar-refractivity contribution in [2.75, 3.05) is 20.8 Å². The third-order valence-electron chi connectivity index (χ3n) is 2.22. The van der Waals surface area contributed by atoms with E-state index < -0.39 is 0 Å². The van der Waals surface area contributed by atoms with Gasteiger partial charge in [-0.1, -0.05) is 6.92 Å². The molecular formula is C8H15NO3. The Kier molecular flexibility index (Phi) is 3.05. The molecule has 0 bridgehead atoms. The quantitative estimate of drug-likeness (QED) is 0.568. The molecule has 0 aromatic heterocycles. The fraction of sp³-hybridized carbons (Fsp3) is 0.875. The van der Waals surface area contributed by atoms with E-state index in [2.05, 4.69) is 0 Å². The van der Waals surface area contributed by atoms with Gasteiger partial charge in [0.1, 0.15) is 6.10 Å². The van der Waals surface area contributed by atoms with E-state index in [4.69, 9.17) is 9.57 Å². The molecule has 0 aliphatic carbocycles. The zero-order valence-corrected chi connectivity index (χ0v) is 7.74. The van der Waals surface area contributed by atoms with E-state index in [1.54, 1.807) is 7.05 Å². The van der Waals surface area contributed by atoms with Crippen LogP contribution in [-0.2, 0) is 14.4 Å². The average molecular weight is 173 g/mol. The van der Waals surface area contributed by atoms with Gasteiger partial charge >= 0.3 is 0 Å². The van der Waals surface area contributed by atoms with Crippen LogP contribution in [0.1, 0.15) is 13.3 Å². The van der Waals surface area contributed by atoms with Crippen molar-refractivity contribution >= 4 is 5.91 Å². The van der Waals surface area contributed by atoms with E-state index in [0.29, 0.717) is 12.5 Å². The zero-order chi connectivity index (χ0) is 9.14. The molecule has 0 aromatic rings. The predicted octanol–water partition coefficient (Wildman–Crippen LogP) is 0.431. The standard InChI is InChI=1S/C8H15NO3/c1-6-4-5-12-7(6)8(10)9(2)11-3/h6-7H,4-5H2,1-3H3. The number of amides is 1. The molecule has 0 saturated carbocycles. The lowest BCUT2D eigenvalue weighted by molar-refractivity contribution is -0.179. The SMILES string of the molecule is CON(C)C(=O)C1OCCC1C. The lowest BCUT2D eigenvalue weighted by Gasteiger charge is -2.20. The number of nitrogens with zero attached hydrogens (tertiary/aromatic N) is 1. The van der Waals surface area contributed by atoms with Crippen molar-refractivity contribution in [2.24, 2.45) is 5.92 Å². The van der Waals surface area contributed by atoms with E-state index in [0.717, 1.165) is 6.42 Å². The van der Waals surface area contributed by atoms with Crippen molar-refractivity contribution in [2.45, 2.75) is 19.4 Å². The summed E-state index contributed by atoms with van der Waals surface area (Å²) in [7, 11) is 3.06. The molecule has 1 saturated heterocycles. The summed E-state index contributed by atoms with van der Waals surface area (Å²) in [6, 6.07) is 0. The molecule has 0 radical (unpaired) electrons. The number of ether oxygens (including phenoxy) is 1. The highest BCUT2D eigenvalue weighted by Gasteiger charge is 2.32. The molecule has 1 heterocycles. The van der Waals surface area contributed by atoms with Gasteiger partial charge in [-0.25, -0.2) is 5.06 Å². The molecule has 0 aromatic carbocycles. The highest BCUT2D eigenvalue weighted by atomic mass is 16.7. The second kappa shape index (κ2) is 3.87. The number of rotatable bonds is 2. The normalized spacial score (nSPS) is 28.9. The monoisotopic (exact) mass is 173 g/mol. The highest BCUT2D eigenvalue weighted by Crippen LogP contribution is 2.21. The fourth-order valence-corrected chi connectivity index (χ4v) is 1.28. The Bertz CT molecular complexity index is 172. The van der Waals surface area contributed by atoms with Crippen LogP contribution >= 0.6 is 0 Å². The third kappa shape index (κ3) is 1.76. The summed E-state index contributed by atoms with van der Waals surface area (Å²) in [6.45, 7) is 2.69. The maximum absolute atomic E-state index is 11.5. The van der Waals surface area contributed by atoms with Crippen molar-refractivity contribution in [1.82, 2.24) is 5.06 Å². The lowest BCUT2D eigenvalue weighted by atomic mass is 10.0. The molecule has 1 rings (SSSR count). The summed E-state index contributed by atoms with van der Waals surface area (Å²) in [4.78, 5) is 16.2. The van der Waals surface area contributed by atoms with Crippen LogP contribution in [0.3, 0.4) is 0 Å². The molecule has 1 aliphatic rings. The molecule has 1 amide bonds. The van der Waals surface area contributed by atoms with Crippen molar-refractivity contribution < 1.29 is 14.4 Å². The van der Waals surface area contributed by atoms with E-state index in [-0.39, 0.29) is 12.0 Å². The van der Waals surface area contributed by atoms with Gasteiger partial charge in [0.2, 0.25) is 0 Å². The van der Waals surface area contributed by atoms with Crippen LogP contribution in [0, 0.1) is 5.92 Å². The molecule has 1 fully saturated rings. The number of hydroxylamine groups is 2. The van der Waals surface area contributed by atoms with Crippen molar-refractivity contribution in [3.8, 4) is 0 Å². The predicted molar refractivity (Wildman–Crippen MR) is 43.3 cm³/mol. The molecule has 2 atom stereocenters. The average Bonchev–Trinajstić information content (AvgIpc) is 2.48. The van der Waals surface area contributed by atoms with E-state index >= 15 is 0 Å². The van der Waals surface area contributed by atoms with Gasteiger partial charge in [0.05, 0.1) is 7.11 Å². The fourth-order valence-electron chi connectivity index (χ4n) is 1.28. The molecule has 12 heavy (non-hydrogen) atoms. The summed E-state index contributed by atoms with van der Waals surface area (Å²) < 4.78 is 5.28. The Hall–Kier alpha value is -0.610. The number of hydrogen-bond donors (Lipinski definition) is 0. The third-order valence-corrected chi connectivity index (χ3v) is 2.22. The molecule has 4 heteroatoms. The summed E-state index contributed by atoms with van der Waals surface area (Å²) in [5.74, 6) is 0.206. The lowest BCUT2D eigenvalue weighted by Crippen LogP contribution is -2.38. The zero-order valence-electron chi connectivity index (χ0n) is 7.74. The minimum Gasteiger partial charge on any atom is -0.368 e. The van der Waals surface area contributed by atoms with E-state index in [1.165, 1.54) is 12.2 Å². The van der Waals surface area contributed by atoms with E-state index in [9.17, 15) is 4.79 Å². The van der Waals surface area contributed by atoms with Crippen LogP contribution in [-0.4, -0.2) is 37.8 Å². The molecule has 4 nitrogen and oxygen atoms in total. The molecule has 0 spiro atoms. The van der Waals surface area contributed by atoms with Crippen molar-refractivity contribution in [3.05, 3.63) is 0 Å². The smallest absolute Gasteiger partial charge is 0.275 e. The second-order valence-electron chi connectivity index (χ2n) is 3.08. The minimum atomic E-state index is -0.310. The summed E-state index contributed by atoms with van der Waals surface area (Å²) in [5, 5.41) is 1.21. The van der Waals surface area contributed by atoms with Gasteiger partial charge in [0, 0.05) is 13.7 Å². The van der Waals surface area contributed by atoms with Gasteiger partial charge in [0.15, 0.2) is 0 Å². The van der Waals surface area contributed by atoms with Gasteiger partial charge < -0.3 is 4.74 Å². The Balaban J connectivity index is 2.51. The highest BCUT2D eigenvalue weighted by molar-refractivity contribution is 5.80.